The molecule has 0 saturated carbocycles. The lowest BCUT2D eigenvalue weighted by Crippen LogP contribution is -2.00. The van der Waals surface area contributed by atoms with Crippen LogP contribution in [-0.4, -0.2) is 4.98 Å². The topological polar surface area (TPSA) is 50.9 Å². The second-order valence-corrected chi connectivity index (χ2v) is 3.60. The summed E-state index contributed by atoms with van der Waals surface area (Å²) in [6.45, 7) is 1.74. The van der Waals surface area contributed by atoms with Gasteiger partial charge < -0.3 is 11.1 Å². The van der Waals surface area contributed by atoms with Gasteiger partial charge in [0.05, 0.1) is 17.1 Å². The van der Waals surface area contributed by atoms with Crippen LogP contribution in [0.2, 0.25) is 0 Å². The van der Waals surface area contributed by atoms with Crippen molar-refractivity contribution in [3.05, 3.63) is 47.7 Å². The number of hydrogen-bond acceptors (Lipinski definition) is 3. The number of rotatable bonds is 2. The summed E-state index contributed by atoms with van der Waals surface area (Å²) in [5.74, 6) is -1.41. The Morgan fingerprint density at radius 1 is 1.18 bits per heavy atom. The third-order valence-electron chi connectivity index (χ3n) is 2.34. The van der Waals surface area contributed by atoms with Crippen LogP contribution < -0.4 is 11.1 Å². The quantitative estimate of drug-likeness (QED) is 0.841. The number of nitrogen functional groups attached to an aromatic ring is 1. The molecule has 88 valence electrons. The van der Waals surface area contributed by atoms with E-state index in [1.54, 1.807) is 19.1 Å². The minimum atomic E-state index is -0.927. The van der Waals surface area contributed by atoms with E-state index in [1.165, 1.54) is 12.1 Å². The van der Waals surface area contributed by atoms with Crippen LogP contribution in [0, 0.1) is 18.6 Å². The molecule has 0 unspecified atom stereocenters. The summed E-state index contributed by atoms with van der Waals surface area (Å²) in [6, 6.07) is 7.17. The number of anilines is 3. The summed E-state index contributed by atoms with van der Waals surface area (Å²) in [5, 5.41) is 2.70. The van der Waals surface area contributed by atoms with Crippen LogP contribution in [0.4, 0.5) is 26.0 Å². The smallest absolute Gasteiger partial charge is 0.182 e. The number of benzene rings is 1. The highest BCUT2D eigenvalue weighted by Crippen LogP contribution is 2.21. The molecule has 0 amide bonds. The van der Waals surface area contributed by atoms with Crippen molar-refractivity contribution in [3.8, 4) is 0 Å². The number of hydrogen-bond donors (Lipinski definition) is 2. The maximum atomic E-state index is 13.4. The Morgan fingerprint density at radius 2 is 1.94 bits per heavy atom. The van der Waals surface area contributed by atoms with E-state index >= 15 is 0 Å². The highest BCUT2D eigenvalue weighted by Gasteiger charge is 2.08. The summed E-state index contributed by atoms with van der Waals surface area (Å²) in [4.78, 5) is 4.11. The fourth-order valence-corrected chi connectivity index (χ4v) is 1.38. The van der Waals surface area contributed by atoms with Gasteiger partial charge >= 0.3 is 0 Å². The molecule has 0 spiro atoms. The molecule has 1 aromatic heterocycles. The zero-order chi connectivity index (χ0) is 12.4. The van der Waals surface area contributed by atoms with Gasteiger partial charge in [0.25, 0.3) is 0 Å². The van der Waals surface area contributed by atoms with Gasteiger partial charge in [0.2, 0.25) is 0 Å². The molecule has 0 aliphatic heterocycles. The molecule has 0 radical (unpaired) electrons. The van der Waals surface area contributed by atoms with E-state index in [0.717, 1.165) is 6.07 Å². The van der Waals surface area contributed by atoms with Gasteiger partial charge in [-0.1, -0.05) is 6.07 Å². The van der Waals surface area contributed by atoms with E-state index in [9.17, 15) is 8.78 Å². The van der Waals surface area contributed by atoms with Gasteiger partial charge in [0, 0.05) is 0 Å². The first-order chi connectivity index (χ1) is 8.08. The molecule has 3 nitrogen and oxygen atoms in total. The minimum absolute atomic E-state index is 0.0432. The van der Waals surface area contributed by atoms with E-state index in [0.29, 0.717) is 17.2 Å². The molecular weight excluding hydrogens is 224 g/mol. The zero-order valence-electron chi connectivity index (χ0n) is 9.17. The van der Waals surface area contributed by atoms with Gasteiger partial charge in [0.15, 0.2) is 11.6 Å². The molecule has 17 heavy (non-hydrogen) atoms. The lowest BCUT2D eigenvalue weighted by Gasteiger charge is -2.08. The molecule has 0 atom stereocenters. The van der Waals surface area contributed by atoms with Crippen LogP contribution in [0.3, 0.4) is 0 Å². The normalized spacial score (nSPS) is 10.3. The van der Waals surface area contributed by atoms with E-state index in [2.05, 4.69) is 10.3 Å². The molecule has 0 fully saturated rings. The number of pyridine rings is 1. The summed E-state index contributed by atoms with van der Waals surface area (Å²) < 4.78 is 26.3. The van der Waals surface area contributed by atoms with Gasteiger partial charge in [-0.2, -0.15) is 0 Å². The largest absolute Gasteiger partial charge is 0.397 e. The van der Waals surface area contributed by atoms with Gasteiger partial charge in [-0.25, -0.2) is 13.8 Å². The van der Waals surface area contributed by atoms with E-state index < -0.39 is 11.6 Å². The highest BCUT2D eigenvalue weighted by molar-refractivity contribution is 5.59. The van der Waals surface area contributed by atoms with Crippen LogP contribution in [0.5, 0.6) is 0 Å². The van der Waals surface area contributed by atoms with Gasteiger partial charge in [0.1, 0.15) is 5.82 Å². The number of nitrogens with zero attached hydrogens (tertiary/aromatic N) is 1. The summed E-state index contributed by atoms with van der Waals surface area (Å²) in [6.07, 6.45) is 0. The Kier molecular flexibility index (Phi) is 2.91. The van der Waals surface area contributed by atoms with E-state index in [4.69, 9.17) is 5.73 Å². The Balaban J connectivity index is 2.31. The van der Waals surface area contributed by atoms with Crippen LogP contribution >= 0.6 is 0 Å². The third-order valence-corrected chi connectivity index (χ3v) is 2.34. The first-order valence-corrected chi connectivity index (χ1v) is 5.02. The maximum absolute atomic E-state index is 13.4. The SMILES string of the molecule is Cc1nc(Nc2cccc(F)c2F)ccc1N. The molecular formula is C12H11F2N3. The molecule has 0 aliphatic rings. The average molecular weight is 235 g/mol. The number of aromatic nitrogens is 1. The Morgan fingerprint density at radius 3 is 2.65 bits per heavy atom. The second-order valence-electron chi connectivity index (χ2n) is 3.60. The highest BCUT2D eigenvalue weighted by atomic mass is 19.2. The number of halogens is 2. The van der Waals surface area contributed by atoms with Crippen molar-refractivity contribution in [2.24, 2.45) is 0 Å². The fraction of sp³-hybridized carbons (Fsp3) is 0.0833. The van der Waals surface area contributed by atoms with Crippen LogP contribution in [0.25, 0.3) is 0 Å². The Labute approximate surface area is 97.3 Å². The lowest BCUT2D eigenvalue weighted by molar-refractivity contribution is 0.511. The molecule has 0 bridgehead atoms. The fourth-order valence-electron chi connectivity index (χ4n) is 1.38. The molecule has 1 aromatic carbocycles. The van der Waals surface area contributed by atoms with Crippen molar-refractivity contribution in [3.63, 3.8) is 0 Å². The van der Waals surface area contributed by atoms with Gasteiger partial charge in [-0.3, -0.25) is 0 Å². The lowest BCUT2D eigenvalue weighted by atomic mass is 10.2. The van der Waals surface area contributed by atoms with Crippen molar-refractivity contribution >= 4 is 17.2 Å². The second kappa shape index (κ2) is 4.37. The van der Waals surface area contributed by atoms with Gasteiger partial charge in [-0.15, -0.1) is 0 Å². The first-order valence-electron chi connectivity index (χ1n) is 5.02. The molecule has 2 rings (SSSR count). The zero-order valence-corrected chi connectivity index (χ0v) is 9.17. The predicted octanol–water partition coefficient (Wildman–Crippen LogP) is 2.99. The van der Waals surface area contributed by atoms with Gasteiger partial charge in [-0.05, 0) is 31.2 Å². The van der Waals surface area contributed by atoms with Crippen molar-refractivity contribution in [1.82, 2.24) is 4.98 Å². The van der Waals surface area contributed by atoms with Crippen LogP contribution in [0.1, 0.15) is 5.69 Å². The average Bonchev–Trinajstić information content (AvgIpc) is 2.30. The Bertz CT molecular complexity index is 555. The number of aryl methyl sites for hydroxylation is 1. The van der Waals surface area contributed by atoms with Crippen molar-refractivity contribution in [2.45, 2.75) is 6.92 Å². The van der Waals surface area contributed by atoms with Crippen LogP contribution in [-0.2, 0) is 0 Å². The first kappa shape index (κ1) is 11.3. The molecule has 0 aliphatic carbocycles. The third kappa shape index (κ3) is 2.33. The maximum Gasteiger partial charge on any atom is 0.182 e. The monoisotopic (exact) mass is 235 g/mol. The van der Waals surface area contributed by atoms with Crippen molar-refractivity contribution < 1.29 is 8.78 Å². The number of nitrogens with two attached hydrogens (primary N) is 1. The van der Waals surface area contributed by atoms with E-state index in [-0.39, 0.29) is 5.69 Å². The molecule has 5 heteroatoms. The molecule has 2 aromatic rings. The van der Waals surface area contributed by atoms with Crippen molar-refractivity contribution in [1.29, 1.82) is 0 Å². The summed E-state index contributed by atoms with van der Waals surface area (Å²) in [5.41, 5.74) is 6.84. The summed E-state index contributed by atoms with van der Waals surface area (Å²) in [7, 11) is 0. The molecule has 0 saturated heterocycles. The van der Waals surface area contributed by atoms with E-state index in [1.807, 2.05) is 0 Å². The summed E-state index contributed by atoms with van der Waals surface area (Å²) >= 11 is 0. The Hall–Kier alpha value is -2.17. The standard InChI is InChI=1S/C12H11F2N3/c1-7-9(15)5-6-11(16-7)17-10-4-2-3-8(13)12(10)14/h2-6H,15H2,1H3,(H,16,17). The predicted molar refractivity (Wildman–Crippen MR) is 63.0 cm³/mol. The van der Waals surface area contributed by atoms with Crippen molar-refractivity contribution in [2.75, 3.05) is 11.1 Å². The molecule has 3 N–H and O–H groups in total. The van der Waals surface area contributed by atoms with Crippen LogP contribution in [0.15, 0.2) is 30.3 Å². The molecule has 1 heterocycles. The number of nitrogens with one attached hydrogen (secondary N) is 1. The minimum Gasteiger partial charge on any atom is -0.397 e.